The Morgan fingerprint density at radius 1 is 1.48 bits per heavy atom. The van der Waals surface area contributed by atoms with Gasteiger partial charge in [-0.3, -0.25) is 4.79 Å². The van der Waals surface area contributed by atoms with Gasteiger partial charge in [0.25, 0.3) is 5.91 Å². The summed E-state index contributed by atoms with van der Waals surface area (Å²) in [5, 5.41) is 14.3. The normalized spacial score (nSPS) is 11.0. The molecule has 0 bridgehead atoms. The third kappa shape index (κ3) is 4.18. The highest BCUT2D eigenvalue weighted by atomic mass is 79.9. The number of anilines is 1. The first-order valence-electron chi connectivity index (χ1n) is 5.93. The van der Waals surface area contributed by atoms with E-state index in [1.54, 1.807) is 18.2 Å². The molecule has 2 rings (SSSR count). The highest BCUT2D eigenvalue weighted by Crippen LogP contribution is 2.23. The molecule has 1 N–H and O–H groups in total. The third-order valence-electron chi connectivity index (χ3n) is 2.67. The smallest absolute Gasteiger partial charge is 0.266 e. The Morgan fingerprint density at radius 3 is 2.81 bits per heavy atom. The number of hydrogen-bond donors (Lipinski definition) is 1. The van der Waals surface area contributed by atoms with Crippen molar-refractivity contribution in [2.75, 3.05) is 5.32 Å². The fourth-order valence-electron chi connectivity index (χ4n) is 1.56. The summed E-state index contributed by atoms with van der Waals surface area (Å²) in [7, 11) is 0. The molecule has 1 aromatic carbocycles. The number of carbonyl (C=O) groups is 1. The fraction of sp³-hybridized carbons (Fsp3) is 0.0667. The SMILES string of the molecule is Cc1ccc(NC(=O)/C(C#N)=C/c2cc(Br)cs2)cc1Cl. The van der Waals surface area contributed by atoms with Crippen molar-refractivity contribution in [3.8, 4) is 6.07 Å². The molecule has 0 fully saturated rings. The number of aryl methyl sites for hydroxylation is 1. The van der Waals surface area contributed by atoms with Crippen molar-refractivity contribution in [3.05, 3.63) is 55.2 Å². The molecular weight excluding hydrogens is 372 g/mol. The number of thiophene rings is 1. The van der Waals surface area contributed by atoms with Crippen molar-refractivity contribution in [2.24, 2.45) is 0 Å². The van der Waals surface area contributed by atoms with Gasteiger partial charge < -0.3 is 5.32 Å². The quantitative estimate of drug-likeness (QED) is 0.599. The Kier molecular flexibility index (Phi) is 5.18. The van der Waals surface area contributed by atoms with Gasteiger partial charge >= 0.3 is 0 Å². The molecule has 3 nitrogen and oxygen atoms in total. The van der Waals surface area contributed by atoms with Crippen LogP contribution in [0.1, 0.15) is 10.4 Å². The number of rotatable bonds is 3. The Labute approximate surface area is 140 Å². The molecular formula is C15H10BrClN2OS. The number of amides is 1. The molecule has 21 heavy (non-hydrogen) atoms. The van der Waals surface area contributed by atoms with Crippen LogP contribution in [0.4, 0.5) is 5.69 Å². The minimum absolute atomic E-state index is 0.0426. The van der Waals surface area contributed by atoms with Crippen LogP contribution in [0.2, 0.25) is 5.02 Å². The van der Waals surface area contributed by atoms with Gasteiger partial charge in [-0.2, -0.15) is 5.26 Å². The predicted octanol–water partition coefficient (Wildman–Crippen LogP) is 5.02. The average Bonchev–Trinajstić information content (AvgIpc) is 2.85. The number of hydrogen-bond acceptors (Lipinski definition) is 3. The number of nitrogens with zero attached hydrogens (tertiary/aromatic N) is 1. The average molecular weight is 382 g/mol. The van der Waals surface area contributed by atoms with E-state index in [2.05, 4.69) is 21.2 Å². The number of halogens is 2. The maximum atomic E-state index is 12.1. The van der Waals surface area contributed by atoms with Crippen LogP contribution in [0.15, 0.2) is 39.7 Å². The Hall–Kier alpha value is -1.61. The summed E-state index contributed by atoms with van der Waals surface area (Å²) in [5.41, 5.74) is 1.53. The van der Waals surface area contributed by atoms with Crippen molar-refractivity contribution < 1.29 is 4.79 Å². The standard InChI is InChI=1S/C15H10BrClN2OS/c1-9-2-3-12(6-14(9)17)19-15(20)10(7-18)4-13-5-11(16)8-21-13/h2-6,8H,1H3,(H,19,20)/b10-4+. The van der Waals surface area contributed by atoms with E-state index < -0.39 is 5.91 Å². The largest absolute Gasteiger partial charge is 0.321 e. The first kappa shape index (κ1) is 15.8. The zero-order valence-corrected chi connectivity index (χ0v) is 14.1. The van der Waals surface area contributed by atoms with Gasteiger partial charge in [-0.15, -0.1) is 11.3 Å². The van der Waals surface area contributed by atoms with Crippen molar-refractivity contribution in [2.45, 2.75) is 6.92 Å². The van der Waals surface area contributed by atoms with Crippen LogP contribution in [0.3, 0.4) is 0 Å². The van der Waals surface area contributed by atoms with Crippen LogP contribution in [0.25, 0.3) is 6.08 Å². The zero-order valence-electron chi connectivity index (χ0n) is 11.0. The third-order valence-corrected chi connectivity index (χ3v) is 4.72. The zero-order chi connectivity index (χ0) is 15.4. The second kappa shape index (κ2) is 6.90. The van der Waals surface area contributed by atoms with Crippen LogP contribution in [-0.4, -0.2) is 5.91 Å². The van der Waals surface area contributed by atoms with E-state index in [-0.39, 0.29) is 5.57 Å². The van der Waals surface area contributed by atoms with Crippen molar-refractivity contribution in [1.82, 2.24) is 0 Å². The summed E-state index contributed by atoms with van der Waals surface area (Å²) < 4.78 is 0.918. The minimum Gasteiger partial charge on any atom is -0.321 e. The summed E-state index contributed by atoms with van der Waals surface area (Å²) in [6.07, 6.45) is 1.56. The molecule has 1 amide bonds. The Bertz CT molecular complexity index is 761. The van der Waals surface area contributed by atoms with Gasteiger partial charge in [0, 0.05) is 25.4 Å². The van der Waals surface area contributed by atoms with Gasteiger partial charge in [0.15, 0.2) is 0 Å². The first-order chi connectivity index (χ1) is 9.99. The topological polar surface area (TPSA) is 52.9 Å². The summed E-state index contributed by atoms with van der Waals surface area (Å²) in [4.78, 5) is 12.9. The van der Waals surface area contributed by atoms with Gasteiger partial charge in [0.2, 0.25) is 0 Å². The van der Waals surface area contributed by atoms with E-state index in [0.29, 0.717) is 10.7 Å². The van der Waals surface area contributed by atoms with Gasteiger partial charge in [-0.1, -0.05) is 17.7 Å². The van der Waals surface area contributed by atoms with E-state index >= 15 is 0 Å². The molecule has 0 radical (unpaired) electrons. The van der Waals surface area contributed by atoms with E-state index in [1.165, 1.54) is 11.3 Å². The van der Waals surface area contributed by atoms with Crippen LogP contribution in [0.5, 0.6) is 0 Å². The van der Waals surface area contributed by atoms with Crippen molar-refractivity contribution in [3.63, 3.8) is 0 Å². The predicted molar refractivity (Wildman–Crippen MR) is 90.4 cm³/mol. The second-order valence-corrected chi connectivity index (χ2v) is 6.52. The number of benzene rings is 1. The van der Waals surface area contributed by atoms with Crippen LogP contribution in [0, 0.1) is 18.3 Å². The lowest BCUT2D eigenvalue weighted by Crippen LogP contribution is -2.13. The first-order valence-corrected chi connectivity index (χ1v) is 7.98. The maximum absolute atomic E-state index is 12.1. The molecule has 0 spiro atoms. The molecule has 0 aliphatic heterocycles. The minimum atomic E-state index is -0.457. The molecule has 0 saturated carbocycles. The highest BCUT2D eigenvalue weighted by molar-refractivity contribution is 9.10. The summed E-state index contributed by atoms with van der Waals surface area (Å²) in [6.45, 7) is 1.88. The molecule has 1 aromatic heterocycles. The summed E-state index contributed by atoms with van der Waals surface area (Å²) in [5.74, 6) is -0.457. The van der Waals surface area contributed by atoms with E-state index in [4.69, 9.17) is 16.9 Å². The number of carbonyl (C=O) groups excluding carboxylic acids is 1. The lowest BCUT2D eigenvalue weighted by atomic mass is 10.2. The molecule has 1 heterocycles. The van der Waals surface area contributed by atoms with Gasteiger partial charge in [-0.05, 0) is 52.7 Å². The maximum Gasteiger partial charge on any atom is 0.266 e. The highest BCUT2D eigenvalue weighted by Gasteiger charge is 2.10. The lowest BCUT2D eigenvalue weighted by molar-refractivity contribution is -0.112. The van der Waals surface area contributed by atoms with Crippen LogP contribution < -0.4 is 5.32 Å². The summed E-state index contributed by atoms with van der Waals surface area (Å²) >= 11 is 10.8. The van der Waals surface area contributed by atoms with E-state index in [0.717, 1.165) is 14.9 Å². The number of nitrogens with one attached hydrogen (secondary N) is 1. The van der Waals surface area contributed by atoms with Gasteiger partial charge in [0.1, 0.15) is 11.6 Å². The lowest BCUT2D eigenvalue weighted by Gasteiger charge is -2.06. The summed E-state index contributed by atoms with van der Waals surface area (Å²) in [6, 6.07) is 8.97. The molecule has 106 valence electrons. The molecule has 6 heteroatoms. The second-order valence-electron chi connectivity index (χ2n) is 4.26. The molecule has 2 aromatic rings. The molecule has 0 saturated heterocycles. The fourth-order valence-corrected chi connectivity index (χ4v) is 3.12. The molecule has 0 aliphatic rings. The molecule has 0 unspecified atom stereocenters. The monoisotopic (exact) mass is 380 g/mol. The Morgan fingerprint density at radius 2 is 2.24 bits per heavy atom. The number of nitriles is 1. The van der Waals surface area contributed by atoms with Gasteiger partial charge in [-0.25, -0.2) is 0 Å². The Balaban J connectivity index is 2.19. The van der Waals surface area contributed by atoms with Crippen molar-refractivity contribution >= 4 is 56.5 Å². The van der Waals surface area contributed by atoms with Crippen molar-refractivity contribution in [1.29, 1.82) is 5.26 Å². The van der Waals surface area contributed by atoms with Crippen LogP contribution >= 0.6 is 38.9 Å². The van der Waals surface area contributed by atoms with E-state index in [9.17, 15) is 4.79 Å². The van der Waals surface area contributed by atoms with Gasteiger partial charge in [0.05, 0.1) is 0 Å². The van der Waals surface area contributed by atoms with E-state index in [1.807, 2.05) is 30.5 Å². The van der Waals surface area contributed by atoms with Crippen LogP contribution in [-0.2, 0) is 4.79 Å². The molecule has 0 aliphatic carbocycles. The molecule has 0 atom stereocenters.